The highest BCUT2D eigenvalue weighted by molar-refractivity contribution is 8.00. The van der Waals surface area contributed by atoms with Crippen molar-refractivity contribution in [3.63, 3.8) is 0 Å². The molecule has 0 aliphatic carbocycles. The Balaban J connectivity index is 2.59. The van der Waals surface area contributed by atoms with Gasteiger partial charge in [-0.3, -0.25) is 10.2 Å². The second-order valence-electron chi connectivity index (χ2n) is 3.28. The number of nitrogens with two attached hydrogens (primary N) is 1. The first kappa shape index (κ1) is 13.3. The summed E-state index contributed by atoms with van der Waals surface area (Å²) in [5.74, 6) is 4.30. The molecular weight excluding hydrogens is 251 g/mol. The molecule has 0 spiro atoms. The van der Waals surface area contributed by atoms with Crippen molar-refractivity contribution >= 4 is 29.3 Å². The van der Waals surface area contributed by atoms with Gasteiger partial charge in [0.1, 0.15) is 5.82 Å². The number of rotatable bonds is 4. The first-order valence-electron chi connectivity index (χ1n) is 4.64. The minimum Gasteiger partial charge on any atom is -0.294 e. The van der Waals surface area contributed by atoms with Crippen molar-refractivity contribution < 1.29 is 9.18 Å². The van der Waals surface area contributed by atoms with E-state index in [1.54, 1.807) is 12.1 Å². The van der Waals surface area contributed by atoms with Gasteiger partial charge in [0.25, 0.3) is 0 Å². The van der Waals surface area contributed by atoms with Crippen LogP contribution in [0.2, 0.25) is 5.02 Å². The molecule has 16 heavy (non-hydrogen) atoms. The van der Waals surface area contributed by atoms with Crippen LogP contribution in [0.15, 0.2) is 23.1 Å². The Morgan fingerprint density at radius 3 is 2.94 bits per heavy atom. The van der Waals surface area contributed by atoms with Crippen molar-refractivity contribution in [1.29, 1.82) is 0 Å². The molecule has 1 unspecified atom stereocenters. The zero-order valence-electron chi connectivity index (χ0n) is 8.67. The maximum Gasteiger partial charge on any atom is 0.234 e. The standard InChI is InChI=1S/C10H12ClFN2OS/c1-6(4-10(15)14-13)16-7-2-3-9(12)8(11)5-7/h2-3,5-6H,4,13H2,1H3,(H,14,15). The summed E-state index contributed by atoms with van der Waals surface area (Å²) >= 11 is 7.09. The van der Waals surface area contributed by atoms with E-state index in [2.05, 4.69) is 5.43 Å². The van der Waals surface area contributed by atoms with E-state index < -0.39 is 5.82 Å². The predicted molar refractivity (Wildman–Crippen MR) is 63.7 cm³/mol. The Morgan fingerprint density at radius 1 is 1.69 bits per heavy atom. The number of benzene rings is 1. The van der Waals surface area contributed by atoms with Crippen LogP contribution in [0.1, 0.15) is 13.3 Å². The van der Waals surface area contributed by atoms with Gasteiger partial charge in [-0.1, -0.05) is 18.5 Å². The van der Waals surface area contributed by atoms with E-state index >= 15 is 0 Å². The maximum absolute atomic E-state index is 12.9. The molecule has 0 bridgehead atoms. The molecule has 1 atom stereocenters. The van der Waals surface area contributed by atoms with Gasteiger partial charge < -0.3 is 0 Å². The summed E-state index contributed by atoms with van der Waals surface area (Å²) in [7, 11) is 0. The number of hydrogen-bond donors (Lipinski definition) is 2. The third-order valence-corrected chi connectivity index (χ3v) is 3.25. The third-order valence-electron chi connectivity index (χ3n) is 1.86. The highest BCUT2D eigenvalue weighted by Gasteiger charge is 2.10. The number of carbonyl (C=O) groups is 1. The van der Waals surface area contributed by atoms with Crippen LogP contribution in [0, 0.1) is 5.82 Å². The number of amides is 1. The first-order valence-corrected chi connectivity index (χ1v) is 5.90. The molecule has 3 N–H and O–H groups in total. The van der Waals surface area contributed by atoms with Gasteiger partial charge in [-0.2, -0.15) is 0 Å². The average molecular weight is 263 g/mol. The van der Waals surface area contributed by atoms with Gasteiger partial charge in [-0.25, -0.2) is 10.2 Å². The molecule has 0 aromatic heterocycles. The number of hydrogen-bond acceptors (Lipinski definition) is 3. The van der Waals surface area contributed by atoms with E-state index in [1.165, 1.54) is 17.8 Å². The lowest BCUT2D eigenvalue weighted by molar-refractivity contribution is -0.121. The maximum atomic E-state index is 12.9. The van der Waals surface area contributed by atoms with Crippen LogP contribution < -0.4 is 11.3 Å². The van der Waals surface area contributed by atoms with Crippen molar-refractivity contribution in [1.82, 2.24) is 5.43 Å². The Hall–Kier alpha value is -0.780. The molecule has 0 saturated heterocycles. The van der Waals surface area contributed by atoms with Gasteiger partial charge in [0.15, 0.2) is 0 Å². The predicted octanol–water partition coefficient (Wildman–Crippen LogP) is 2.34. The SMILES string of the molecule is CC(CC(=O)NN)Sc1ccc(F)c(Cl)c1. The third kappa shape index (κ3) is 4.00. The van der Waals surface area contributed by atoms with E-state index in [0.29, 0.717) is 6.42 Å². The Bertz CT molecular complexity index is 389. The minimum atomic E-state index is -0.446. The van der Waals surface area contributed by atoms with Crippen LogP contribution in [0.4, 0.5) is 4.39 Å². The molecule has 1 aromatic carbocycles. The molecule has 0 aliphatic rings. The summed E-state index contributed by atoms with van der Waals surface area (Å²) in [4.78, 5) is 11.8. The normalized spacial score (nSPS) is 12.2. The second kappa shape index (κ2) is 6.08. The lowest BCUT2D eigenvalue weighted by atomic mass is 10.3. The number of hydrazine groups is 1. The Kier molecular flexibility index (Phi) is 5.05. The minimum absolute atomic E-state index is 0.0464. The molecule has 3 nitrogen and oxygen atoms in total. The van der Waals surface area contributed by atoms with Crippen molar-refractivity contribution in [2.24, 2.45) is 5.84 Å². The summed E-state index contributed by atoms with van der Waals surface area (Å²) in [6.07, 6.45) is 0.302. The highest BCUT2D eigenvalue weighted by atomic mass is 35.5. The van der Waals surface area contributed by atoms with Gasteiger partial charge in [0.2, 0.25) is 5.91 Å². The molecule has 1 aromatic rings. The Morgan fingerprint density at radius 2 is 2.38 bits per heavy atom. The van der Waals surface area contributed by atoms with Gasteiger partial charge in [0, 0.05) is 16.6 Å². The number of thioether (sulfide) groups is 1. The van der Waals surface area contributed by atoms with Crippen LogP contribution in [-0.2, 0) is 4.79 Å². The average Bonchev–Trinajstić information content (AvgIpc) is 2.23. The molecule has 1 amide bonds. The fraction of sp³-hybridized carbons (Fsp3) is 0.300. The van der Waals surface area contributed by atoms with Crippen LogP contribution in [0.5, 0.6) is 0 Å². The molecular formula is C10H12ClFN2OS. The number of carbonyl (C=O) groups excluding carboxylic acids is 1. The molecule has 0 saturated carbocycles. The van der Waals surface area contributed by atoms with Gasteiger partial charge in [-0.15, -0.1) is 11.8 Å². The van der Waals surface area contributed by atoms with E-state index in [4.69, 9.17) is 17.4 Å². The van der Waals surface area contributed by atoms with Crippen molar-refractivity contribution in [2.45, 2.75) is 23.5 Å². The lowest BCUT2D eigenvalue weighted by Crippen LogP contribution is -2.31. The zero-order valence-corrected chi connectivity index (χ0v) is 10.2. The highest BCUT2D eigenvalue weighted by Crippen LogP contribution is 2.28. The van der Waals surface area contributed by atoms with Gasteiger partial charge in [0.05, 0.1) is 5.02 Å². The Labute approximate surface area is 103 Å². The largest absolute Gasteiger partial charge is 0.294 e. The lowest BCUT2D eigenvalue weighted by Gasteiger charge is -2.10. The fourth-order valence-electron chi connectivity index (χ4n) is 1.14. The summed E-state index contributed by atoms with van der Waals surface area (Å²) in [5, 5.41) is 0.130. The topological polar surface area (TPSA) is 55.1 Å². The second-order valence-corrected chi connectivity index (χ2v) is 5.20. The summed E-state index contributed by atoms with van der Waals surface area (Å²) in [5.41, 5.74) is 2.06. The molecule has 6 heteroatoms. The fourth-order valence-corrected chi connectivity index (χ4v) is 2.42. The molecule has 0 radical (unpaired) electrons. The molecule has 88 valence electrons. The van der Waals surface area contributed by atoms with Gasteiger partial charge >= 0.3 is 0 Å². The molecule has 0 fully saturated rings. The molecule has 0 heterocycles. The summed E-state index contributed by atoms with van der Waals surface area (Å²) < 4.78 is 12.9. The number of halogens is 2. The molecule has 1 rings (SSSR count). The van der Waals surface area contributed by atoms with E-state index in [9.17, 15) is 9.18 Å². The van der Waals surface area contributed by atoms with Crippen molar-refractivity contribution in [2.75, 3.05) is 0 Å². The van der Waals surface area contributed by atoms with E-state index in [1.807, 2.05) is 6.92 Å². The van der Waals surface area contributed by atoms with E-state index in [0.717, 1.165) is 4.90 Å². The van der Waals surface area contributed by atoms with Crippen molar-refractivity contribution in [3.05, 3.63) is 29.0 Å². The summed E-state index contributed by atoms with van der Waals surface area (Å²) in [6, 6.07) is 4.47. The van der Waals surface area contributed by atoms with Gasteiger partial charge in [-0.05, 0) is 18.2 Å². The van der Waals surface area contributed by atoms with Crippen LogP contribution in [0.25, 0.3) is 0 Å². The summed E-state index contributed by atoms with van der Waals surface area (Å²) in [6.45, 7) is 1.89. The zero-order chi connectivity index (χ0) is 12.1. The van der Waals surface area contributed by atoms with Crippen LogP contribution >= 0.6 is 23.4 Å². The van der Waals surface area contributed by atoms with Crippen LogP contribution in [0.3, 0.4) is 0 Å². The first-order chi connectivity index (χ1) is 7.52. The number of nitrogens with one attached hydrogen (secondary N) is 1. The quantitative estimate of drug-likeness (QED) is 0.379. The van der Waals surface area contributed by atoms with E-state index in [-0.39, 0.29) is 16.2 Å². The monoisotopic (exact) mass is 262 g/mol. The molecule has 0 aliphatic heterocycles. The smallest absolute Gasteiger partial charge is 0.234 e. The van der Waals surface area contributed by atoms with Crippen molar-refractivity contribution in [3.8, 4) is 0 Å². The van der Waals surface area contributed by atoms with Crippen LogP contribution in [-0.4, -0.2) is 11.2 Å².